The lowest BCUT2D eigenvalue weighted by molar-refractivity contribution is 0.146. The van der Waals surface area contributed by atoms with Gasteiger partial charge in [-0.15, -0.1) is 0 Å². The van der Waals surface area contributed by atoms with Crippen LogP contribution >= 0.6 is 11.6 Å². The molecule has 0 amide bonds. The summed E-state index contributed by atoms with van der Waals surface area (Å²) in [5.41, 5.74) is 1.29. The lowest BCUT2D eigenvalue weighted by Gasteiger charge is -2.24. The molecule has 0 aromatic heterocycles. The number of hydrogen-bond acceptors (Lipinski definition) is 2. The van der Waals surface area contributed by atoms with Crippen LogP contribution in [0.15, 0.2) is 24.3 Å². The van der Waals surface area contributed by atoms with Crippen LogP contribution in [0.5, 0.6) is 0 Å². The predicted molar refractivity (Wildman–Crippen MR) is 78.4 cm³/mol. The van der Waals surface area contributed by atoms with Crippen molar-refractivity contribution < 1.29 is 4.74 Å². The molecule has 0 radical (unpaired) electrons. The monoisotopic (exact) mass is 269 g/mol. The first-order valence-corrected chi connectivity index (χ1v) is 7.02. The highest BCUT2D eigenvalue weighted by atomic mass is 35.5. The summed E-state index contributed by atoms with van der Waals surface area (Å²) in [4.78, 5) is 0. The highest BCUT2D eigenvalue weighted by Crippen LogP contribution is 2.26. The Morgan fingerprint density at radius 1 is 1.39 bits per heavy atom. The van der Waals surface area contributed by atoms with E-state index in [1.165, 1.54) is 5.56 Å². The average molecular weight is 270 g/mol. The number of nitrogens with one attached hydrogen (secondary N) is 1. The van der Waals surface area contributed by atoms with Crippen molar-refractivity contribution in [1.82, 2.24) is 5.32 Å². The molecule has 1 aromatic carbocycles. The van der Waals surface area contributed by atoms with Crippen LogP contribution in [0.1, 0.15) is 31.7 Å². The number of rotatable bonds is 8. The molecule has 1 N–H and O–H groups in total. The maximum atomic E-state index is 6.08. The highest BCUT2D eigenvalue weighted by molar-refractivity contribution is 6.30. The molecule has 2 nitrogen and oxygen atoms in total. The van der Waals surface area contributed by atoms with E-state index in [0.29, 0.717) is 11.8 Å². The van der Waals surface area contributed by atoms with Crippen LogP contribution in [0.2, 0.25) is 5.02 Å². The molecule has 0 heterocycles. The molecule has 1 rings (SSSR count). The molecule has 0 saturated carbocycles. The van der Waals surface area contributed by atoms with Crippen LogP contribution in [-0.4, -0.2) is 26.8 Å². The normalized spacial score (nSPS) is 14.4. The molecule has 1 aromatic rings. The Labute approximate surface area is 116 Å². The maximum absolute atomic E-state index is 6.08. The topological polar surface area (TPSA) is 21.3 Å². The largest absolute Gasteiger partial charge is 0.384 e. The lowest BCUT2D eigenvalue weighted by atomic mass is 9.87. The number of halogens is 1. The van der Waals surface area contributed by atoms with Gasteiger partial charge in [0, 0.05) is 31.2 Å². The summed E-state index contributed by atoms with van der Waals surface area (Å²) in [5.74, 6) is 0.910. The van der Waals surface area contributed by atoms with Crippen molar-refractivity contribution in [3.63, 3.8) is 0 Å². The van der Waals surface area contributed by atoms with Gasteiger partial charge in [-0.05, 0) is 36.6 Å². The van der Waals surface area contributed by atoms with Crippen molar-refractivity contribution in [1.29, 1.82) is 0 Å². The van der Waals surface area contributed by atoms with Crippen LogP contribution in [0, 0.1) is 5.92 Å². The van der Waals surface area contributed by atoms with Gasteiger partial charge in [-0.3, -0.25) is 0 Å². The fourth-order valence-corrected chi connectivity index (χ4v) is 2.40. The summed E-state index contributed by atoms with van der Waals surface area (Å²) in [7, 11) is 1.75. The van der Waals surface area contributed by atoms with E-state index in [1.807, 2.05) is 12.1 Å². The third kappa shape index (κ3) is 4.97. The van der Waals surface area contributed by atoms with Gasteiger partial charge in [0.05, 0.1) is 0 Å². The summed E-state index contributed by atoms with van der Waals surface area (Å²) < 4.78 is 5.28. The van der Waals surface area contributed by atoms with Crippen LogP contribution in [0.3, 0.4) is 0 Å². The van der Waals surface area contributed by atoms with Crippen LogP contribution in [-0.2, 0) is 4.74 Å². The van der Waals surface area contributed by atoms with Crippen molar-refractivity contribution in [3.8, 4) is 0 Å². The minimum absolute atomic E-state index is 0.440. The molecule has 0 aliphatic carbocycles. The molecule has 0 saturated heterocycles. The first-order valence-electron chi connectivity index (χ1n) is 6.64. The van der Waals surface area contributed by atoms with Crippen molar-refractivity contribution in [3.05, 3.63) is 34.9 Å². The Morgan fingerprint density at radius 2 is 2.17 bits per heavy atom. The Balaban J connectivity index is 2.75. The quantitative estimate of drug-likeness (QED) is 0.727. The van der Waals surface area contributed by atoms with Crippen molar-refractivity contribution in [2.75, 3.05) is 26.8 Å². The highest BCUT2D eigenvalue weighted by Gasteiger charge is 2.19. The number of benzene rings is 1. The van der Waals surface area contributed by atoms with Gasteiger partial charge in [-0.2, -0.15) is 0 Å². The molecule has 3 heteroatoms. The lowest BCUT2D eigenvalue weighted by Crippen LogP contribution is -2.28. The van der Waals surface area contributed by atoms with Crippen molar-refractivity contribution in [2.45, 2.75) is 26.2 Å². The second kappa shape index (κ2) is 8.52. The van der Waals surface area contributed by atoms with E-state index in [-0.39, 0.29) is 0 Å². The molecule has 0 aliphatic rings. The molecule has 2 atom stereocenters. The van der Waals surface area contributed by atoms with Crippen LogP contribution < -0.4 is 5.32 Å². The fourth-order valence-electron chi connectivity index (χ4n) is 2.20. The van der Waals surface area contributed by atoms with Gasteiger partial charge in [-0.25, -0.2) is 0 Å². The first kappa shape index (κ1) is 15.5. The zero-order chi connectivity index (χ0) is 13.4. The van der Waals surface area contributed by atoms with Gasteiger partial charge in [0.15, 0.2) is 0 Å². The van der Waals surface area contributed by atoms with Crippen molar-refractivity contribution >= 4 is 11.6 Å². The number of methoxy groups -OCH3 is 1. The SMILES string of the molecule is CCCNCC(c1cccc(Cl)c1)C(C)COC. The summed E-state index contributed by atoms with van der Waals surface area (Å²) in [5, 5.41) is 4.30. The Hall–Kier alpha value is -0.570. The third-order valence-electron chi connectivity index (χ3n) is 3.18. The third-order valence-corrected chi connectivity index (χ3v) is 3.42. The summed E-state index contributed by atoms with van der Waals surface area (Å²) in [6.07, 6.45) is 1.15. The zero-order valence-electron chi connectivity index (χ0n) is 11.6. The zero-order valence-corrected chi connectivity index (χ0v) is 12.3. The standard InChI is InChI=1S/C15H24ClNO/c1-4-8-17-10-15(12(2)11-18-3)13-6-5-7-14(16)9-13/h5-7,9,12,15,17H,4,8,10-11H2,1-3H3. The Bertz CT molecular complexity index is 343. The van der Waals surface area contributed by atoms with Crippen molar-refractivity contribution in [2.24, 2.45) is 5.92 Å². The van der Waals surface area contributed by atoms with E-state index >= 15 is 0 Å². The van der Waals surface area contributed by atoms with Gasteiger partial charge >= 0.3 is 0 Å². The average Bonchev–Trinajstić information content (AvgIpc) is 2.35. The smallest absolute Gasteiger partial charge is 0.0494 e. The number of hydrogen-bond donors (Lipinski definition) is 1. The van der Waals surface area contributed by atoms with Gasteiger partial charge in [-0.1, -0.05) is 37.6 Å². The van der Waals surface area contributed by atoms with Gasteiger partial charge in [0.2, 0.25) is 0 Å². The van der Waals surface area contributed by atoms with E-state index < -0.39 is 0 Å². The molecular formula is C15H24ClNO. The molecule has 0 spiro atoms. The second-order valence-electron chi connectivity index (χ2n) is 4.80. The van der Waals surface area contributed by atoms with E-state index in [0.717, 1.165) is 31.1 Å². The van der Waals surface area contributed by atoms with Gasteiger partial charge < -0.3 is 10.1 Å². The summed E-state index contributed by atoms with van der Waals surface area (Å²) >= 11 is 6.08. The molecule has 102 valence electrons. The molecule has 0 fully saturated rings. The molecule has 2 unspecified atom stereocenters. The first-order chi connectivity index (χ1) is 8.69. The van der Waals surface area contributed by atoms with E-state index in [2.05, 4.69) is 31.3 Å². The molecular weight excluding hydrogens is 246 g/mol. The fraction of sp³-hybridized carbons (Fsp3) is 0.600. The Kier molecular flexibility index (Phi) is 7.33. The van der Waals surface area contributed by atoms with Gasteiger partial charge in [0.1, 0.15) is 0 Å². The maximum Gasteiger partial charge on any atom is 0.0494 e. The summed E-state index contributed by atoms with van der Waals surface area (Å²) in [6, 6.07) is 8.15. The molecule has 0 bridgehead atoms. The molecule has 18 heavy (non-hydrogen) atoms. The minimum atomic E-state index is 0.440. The van der Waals surface area contributed by atoms with Crippen LogP contribution in [0.25, 0.3) is 0 Å². The summed E-state index contributed by atoms with van der Waals surface area (Å²) in [6.45, 7) is 7.20. The van der Waals surface area contributed by atoms with Gasteiger partial charge in [0.25, 0.3) is 0 Å². The van der Waals surface area contributed by atoms with E-state index in [4.69, 9.17) is 16.3 Å². The van der Waals surface area contributed by atoms with Crippen LogP contribution in [0.4, 0.5) is 0 Å². The number of ether oxygens (including phenoxy) is 1. The second-order valence-corrected chi connectivity index (χ2v) is 5.23. The predicted octanol–water partition coefficient (Wildman–Crippen LogP) is 3.71. The molecule has 0 aliphatic heterocycles. The Morgan fingerprint density at radius 3 is 2.78 bits per heavy atom. The minimum Gasteiger partial charge on any atom is -0.384 e. The van der Waals surface area contributed by atoms with E-state index in [1.54, 1.807) is 7.11 Å². The van der Waals surface area contributed by atoms with E-state index in [9.17, 15) is 0 Å².